The van der Waals surface area contributed by atoms with Crippen LogP contribution in [0.3, 0.4) is 0 Å². The third-order valence-corrected chi connectivity index (χ3v) is 5.39. The van der Waals surface area contributed by atoms with E-state index in [1.165, 1.54) is 12.8 Å². The molecule has 2 unspecified atom stereocenters. The van der Waals surface area contributed by atoms with Crippen LogP contribution in [0.25, 0.3) is 5.82 Å². The fourth-order valence-electron chi connectivity index (χ4n) is 4.00. The summed E-state index contributed by atoms with van der Waals surface area (Å²) < 4.78 is 1.73. The summed E-state index contributed by atoms with van der Waals surface area (Å²) in [5.41, 5.74) is 2.14. The summed E-state index contributed by atoms with van der Waals surface area (Å²) >= 11 is 6.25. The first-order chi connectivity index (χ1) is 12.0. The maximum Gasteiger partial charge on any atom is 0.271 e. The molecule has 2 N–H and O–H groups in total. The van der Waals surface area contributed by atoms with Gasteiger partial charge < -0.3 is 10.6 Å². The first-order valence-corrected chi connectivity index (χ1v) is 9.14. The topological polar surface area (TPSA) is 71.8 Å². The van der Waals surface area contributed by atoms with Crippen molar-refractivity contribution in [1.29, 1.82) is 0 Å². The molecule has 2 atom stereocenters. The molecule has 132 valence electrons. The van der Waals surface area contributed by atoms with Crippen LogP contribution in [-0.2, 0) is 0 Å². The van der Waals surface area contributed by atoms with E-state index < -0.39 is 0 Å². The lowest BCUT2D eigenvalue weighted by molar-refractivity contribution is 0.0919. The molecule has 0 saturated carbocycles. The van der Waals surface area contributed by atoms with E-state index in [4.69, 9.17) is 11.6 Å². The Hall–Kier alpha value is -1.92. The van der Waals surface area contributed by atoms with Crippen LogP contribution >= 0.6 is 11.6 Å². The van der Waals surface area contributed by atoms with Crippen molar-refractivity contribution in [3.05, 3.63) is 40.3 Å². The highest BCUT2D eigenvalue weighted by atomic mass is 35.5. The van der Waals surface area contributed by atoms with Crippen molar-refractivity contribution >= 4 is 17.5 Å². The molecule has 0 aliphatic carbocycles. The molecule has 4 rings (SSSR count). The maximum atomic E-state index is 12.7. The zero-order valence-electron chi connectivity index (χ0n) is 14.4. The molecule has 2 aromatic rings. The summed E-state index contributed by atoms with van der Waals surface area (Å²) in [6.07, 6.45) is 4.33. The Balaban J connectivity index is 1.56. The van der Waals surface area contributed by atoms with Gasteiger partial charge >= 0.3 is 0 Å². The molecule has 6 nitrogen and oxygen atoms in total. The van der Waals surface area contributed by atoms with Crippen LogP contribution in [0.2, 0.25) is 5.02 Å². The van der Waals surface area contributed by atoms with Gasteiger partial charge in [0.05, 0.1) is 10.7 Å². The maximum absolute atomic E-state index is 12.7. The predicted octanol–water partition coefficient (Wildman–Crippen LogP) is 2.55. The van der Waals surface area contributed by atoms with E-state index in [1.807, 2.05) is 19.9 Å². The number of nitrogens with zero attached hydrogens (tertiary/aromatic N) is 3. The van der Waals surface area contributed by atoms with Crippen molar-refractivity contribution in [2.45, 2.75) is 57.7 Å². The molecule has 2 aromatic heterocycles. The number of nitrogens with one attached hydrogen (secondary N) is 2. The molecular formula is C18H22ClN5O. The molecule has 2 saturated heterocycles. The number of hydrogen-bond donors (Lipinski definition) is 2. The summed E-state index contributed by atoms with van der Waals surface area (Å²) in [6.45, 7) is 3.89. The molecule has 0 aromatic carbocycles. The van der Waals surface area contributed by atoms with E-state index in [1.54, 1.807) is 16.8 Å². The van der Waals surface area contributed by atoms with Crippen LogP contribution < -0.4 is 10.6 Å². The van der Waals surface area contributed by atoms with Gasteiger partial charge in [-0.3, -0.25) is 4.79 Å². The zero-order chi connectivity index (χ0) is 17.6. The Morgan fingerprint density at radius 3 is 2.64 bits per heavy atom. The number of hydrogen-bond acceptors (Lipinski definition) is 4. The normalized spacial score (nSPS) is 25.2. The molecule has 2 aliphatic heterocycles. The fourth-order valence-corrected chi connectivity index (χ4v) is 4.19. The van der Waals surface area contributed by atoms with Gasteiger partial charge in [0.2, 0.25) is 0 Å². The van der Waals surface area contributed by atoms with Gasteiger partial charge in [0.25, 0.3) is 5.91 Å². The number of rotatable bonds is 3. The van der Waals surface area contributed by atoms with E-state index in [9.17, 15) is 4.79 Å². The van der Waals surface area contributed by atoms with E-state index in [2.05, 4.69) is 20.7 Å². The number of pyridine rings is 1. The van der Waals surface area contributed by atoms with Crippen molar-refractivity contribution in [1.82, 2.24) is 25.4 Å². The number of fused-ring (bicyclic) bond motifs is 2. The van der Waals surface area contributed by atoms with Crippen molar-refractivity contribution < 1.29 is 4.79 Å². The first kappa shape index (κ1) is 16.5. The van der Waals surface area contributed by atoms with Crippen LogP contribution in [0, 0.1) is 13.8 Å². The molecule has 2 aliphatic rings. The molecule has 2 fully saturated rings. The molecular weight excluding hydrogens is 338 g/mol. The van der Waals surface area contributed by atoms with Gasteiger partial charge in [-0.2, -0.15) is 5.10 Å². The summed E-state index contributed by atoms with van der Waals surface area (Å²) in [7, 11) is 0. The second kappa shape index (κ2) is 6.42. The Kier molecular flexibility index (Phi) is 4.25. The predicted molar refractivity (Wildman–Crippen MR) is 96.3 cm³/mol. The van der Waals surface area contributed by atoms with E-state index in [-0.39, 0.29) is 17.6 Å². The minimum Gasteiger partial charge on any atom is -0.348 e. The smallest absolute Gasteiger partial charge is 0.271 e. The third-order valence-electron chi connectivity index (χ3n) is 5.08. The lowest BCUT2D eigenvalue weighted by Crippen LogP contribution is -2.48. The van der Waals surface area contributed by atoms with Gasteiger partial charge in [0.15, 0.2) is 5.82 Å². The van der Waals surface area contributed by atoms with Gasteiger partial charge in [-0.15, -0.1) is 0 Å². The van der Waals surface area contributed by atoms with Gasteiger partial charge in [-0.25, -0.2) is 9.67 Å². The summed E-state index contributed by atoms with van der Waals surface area (Å²) in [6, 6.07) is 6.69. The summed E-state index contributed by atoms with van der Waals surface area (Å²) in [4.78, 5) is 17.2. The number of aryl methyl sites for hydroxylation is 2. The first-order valence-electron chi connectivity index (χ1n) is 8.76. The minimum absolute atomic E-state index is 0.182. The number of halogens is 1. The average molecular weight is 360 g/mol. The number of aromatic nitrogens is 3. The molecule has 1 amide bonds. The lowest BCUT2D eigenvalue weighted by Gasteiger charge is -2.29. The van der Waals surface area contributed by atoms with Crippen molar-refractivity contribution in [3.63, 3.8) is 0 Å². The van der Waals surface area contributed by atoms with Crippen LogP contribution in [0.1, 0.15) is 47.6 Å². The number of carbonyl (C=O) groups excluding carboxylic acids is 1. The van der Waals surface area contributed by atoms with Crippen LogP contribution in [0.4, 0.5) is 0 Å². The second-order valence-electron chi connectivity index (χ2n) is 7.12. The van der Waals surface area contributed by atoms with Gasteiger partial charge in [0.1, 0.15) is 5.69 Å². The van der Waals surface area contributed by atoms with Gasteiger partial charge in [0, 0.05) is 23.8 Å². The minimum atomic E-state index is -0.209. The highest BCUT2D eigenvalue weighted by Gasteiger charge is 2.34. The standard InChI is InChI=1S/C18H22ClN5O/c1-10-7-11(2)24(23-10)16-6-5-15(19)17(22-16)18(25)21-14-8-12-3-4-13(9-14)20-12/h5-7,12-14,20H,3-4,8-9H2,1-2H3,(H,21,25). The highest BCUT2D eigenvalue weighted by molar-refractivity contribution is 6.33. The summed E-state index contributed by atoms with van der Waals surface area (Å²) in [5.74, 6) is 0.394. The van der Waals surface area contributed by atoms with E-state index in [0.717, 1.165) is 24.2 Å². The molecule has 0 spiro atoms. The Morgan fingerprint density at radius 2 is 2.00 bits per heavy atom. The molecule has 4 heterocycles. The molecule has 25 heavy (non-hydrogen) atoms. The highest BCUT2D eigenvalue weighted by Crippen LogP contribution is 2.27. The van der Waals surface area contributed by atoms with Gasteiger partial charge in [-0.05, 0) is 57.7 Å². The Morgan fingerprint density at radius 1 is 1.28 bits per heavy atom. The molecule has 2 bridgehead atoms. The quantitative estimate of drug-likeness (QED) is 0.883. The van der Waals surface area contributed by atoms with E-state index in [0.29, 0.717) is 22.9 Å². The third kappa shape index (κ3) is 3.28. The number of carbonyl (C=O) groups is 1. The monoisotopic (exact) mass is 359 g/mol. The van der Waals surface area contributed by atoms with Crippen molar-refractivity contribution in [2.24, 2.45) is 0 Å². The number of amides is 1. The van der Waals surface area contributed by atoms with Crippen molar-refractivity contribution in [3.8, 4) is 5.82 Å². The van der Waals surface area contributed by atoms with Crippen LogP contribution in [0.15, 0.2) is 18.2 Å². The SMILES string of the molecule is Cc1cc(C)n(-c2ccc(Cl)c(C(=O)NC3CC4CCC(C3)N4)n2)n1. The van der Waals surface area contributed by atoms with Crippen LogP contribution in [0.5, 0.6) is 0 Å². The molecule has 7 heteroatoms. The average Bonchev–Trinajstić information content (AvgIpc) is 3.08. The lowest BCUT2D eigenvalue weighted by atomic mass is 10.00. The fraction of sp³-hybridized carbons (Fsp3) is 0.500. The Bertz CT molecular complexity index is 806. The molecule has 0 radical (unpaired) electrons. The number of piperidine rings is 1. The Labute approximate surface area is 152 Å². The van der Waals surface area contributed by atoms with Crippen molar-refractivity contribution in [2.75, 3.05) is 0 Å². The largest absolute Gasteiger partial charge is 0.348 e. The van der Waals surface area contributed by atoms with E-state index >= 15 is 0 Å². The van der Waals surface area contributed by atoms with Gasteiger partial charge in [-0.1, -0.05) is 11.6 Å². The zero-order valence-corrected chi connectivity index (χ0v) is 15.2. The van der Waals surface area contributed by atoms with Crippen LogP contribution in [-0.4, -0.2) is 38.8 Å². The summed E-state index contributed by atoms with van der Waals surface area (Å²) in [5, 5.41) is 11.5. The second-order valence-corrected chi connectivity index (χ2v) is 7.53.